The van der Waals surface area contributed by atoms with Crippen LogP contribution in [0.15, 0.2) is 0 Å². The lowest BCUT2D eigenvalue weighted by Gasteiger charge is -2.32. The maximum atomic E-state index is 12.8. The summed E-state index contributed by atoms with van der Waals surface area (Å²) in [7, 11) is 0. The lowest BCUT2D eigenvalue weighted by Crippen LogP contribution is -2.49. The van der Waals surface area contributed by atoms with Gasteiger partial charge in [0.15, 0.2) is 0 Å². The van der Waals surface area contributed by atoms with Crippen LogP contribution in [0.3, 0.4) is 0 Å². The summed E-state index contributed by atoms with van der Waals surface area (Å²) >= 11 is 0. The Hall–Kier alpha value is -0.570. The summed E-state index contributed by atoms with van der Waals surface area (Å²) in [6, 6.07) is 1.75. The van der Waals surface area contributed by atoms with Gasteiger partial charge in [0.1, 0.15) is 0 Å². The van der Waals surface area contributed by atoms with E-state index in [1.165, 1.54) is 44.9 Å². The molecule has 0 spiro atoms. The molecule has 1 saturated carbocycles. The fraction of sp³-hybridized carbons (Fsp3) is 0.947. The number of carbonyl (C=O) groups is 1. The van der Waals surface area contributed by atoms with Crippen LogP contribution in [0.5, 0.6) is 0 Å². The molecule has 22 heavy (non-hydrogen) atoms. The van der Waals surface area contributed by atoms with Crippen molar-refractivity contribution in [3.05, 3.63) is 0 Å². The lowest BCUT2D eigenvalue weighted by atomic mass is 9.81. The highest BCUT2D eigenvalue weighted by Gasteiger charge is 2.35. The smallest absolute Gasteiger partial charge is 0.223 e. The van der Waals surface area contributed by atoms with Crippen LogP contribution in [-0.4, -0.2) is 24.0 Å². The minimum atomic E-state index is 0.264. The molecule has 2 heterocycles. The fourth-order valence-electron chi connectivity index (χ4n) is 5.02. The zero-order chi connectivity index (χ0) is 15.4. The maximum Gasteiger partial charge on any atom is 0.223 e. The second-order valence-electron chi connectivity index (χ2n) is 8.04. The van der Waals surface area contributed by atoms with Crippen LogP contribution in [0.1, 0.15) is 84.0 Å². The highest BCUT2D eigenvalue weighted by molar-refractivity contribution is 5.79. The Bertz CT molecular complexity index is 352. The van der Waals surface area contributed by atoms with Crippen molar-refractivity contribution in [3.63, 3.8) is 0 Å². The van der Waals surface area contributed by atoms with Crippen molar-refractivity contribution in [3.8, 4) is 0 Å². The van der Waals surface area contributed by atoms with Gasteiger partial charge in [-0.05, 0) is 44.4 Å². The number of nitrogens with one attached hydrogen (secondary N) is 2. The number of hydrogen-bond acceptors (Lipinski definition) is 2. The Morgan fingerprint density at radius 3 is 2.41 bits per heavy atom. The van der Waals surface area contributed by atoms with Gasteiger partial charge in [-0.1, -0.05) is 45.4 Å². The molecule has 3 unspecified atom stereocenters. The summed E-state index contributed by atoms with van der Waals surface area (Å²) in [5, 5.41) is 7.08. The van der Waals surface area contributed by atoms with Gasteiger partial charge in [0.25, 0.3) is 0 Å². The molecule has 126 valence electrons. The zero-order valence-corrected chi connectivity index (χ0v) is 14.3. The Balaban J connectivity index is 1.50. The van der Waals surface area contributed by atoms with Gasteiger partial charge in [0, 0.05) is 24.0 Å². The van der Waals surface area contributed by atoms with E-state index in [4.69, 9.17) is 0 Å². The molecule has 3 atom stereocenters. The second-order valence-corrected chi connectivity index (χ2v) is 8.04. The van der Waals surface area contributed by atoms with Crippen LogP contribution in [0.4, 0.5) is 0 Å². The molecule has 1 amide bonds. The summed E-state index contributed by atoms with van der Waals surface area (Å²) in [5.74, 6) is 1.43. The van der Waals surface area contributed by atoms with Crippen molar-refractivity contribution in [1.82, 2.24) is 10.6 Å². The van der Waals surface area contributed by atoms with Gasteiger partial charge < -0.3 is 10.6 Å². The van der Waals surface area contributed by atoms with Crippen LogP contribution in [0, 0.1) is 11.8 Å². The van der Waals surface area contributed by atoms with E-state index in [0.29, 0.717) is 24.0 Å². The van der Waals surface area contributed by atoms with Crippen molar-refractivity contribution >= 4 is 5.91 Å². The molecule has 0 aromatic rings. The minimum absolute atomic E-state index is 0.264. The van der Waals surface area contributed by atoms with Gasteiger partial charge >= 0.3 is 0 Å². The van der Waals surface area contributed by atoms with Crippen LogP contribution in [-0.2, 0) is 4.79 Å². The summed E-state index contributed by atoms with van der Waals surface area (Å²) in [6.07, 6.45) is 15.1. The summed E-state index contributed by atoms with van der Waals surface area (Å²) in [6.45, 7) is 2.21. The first kappa shape index (κ1) is 16.3. The number of amides is 1. The van der Waals surface area contributed by atoms with Crippen molar-refractivity contribution in [1.29, 1.82) is 0 Å². The number of hydrogen-bond donors (Lipinski definition) is 2. The number of rotatable bonds is 6. The average Bonchev–Trinajstić information content (AvgIpc) is 2.86. The quantitative estimate of drug-likeness (QED) is 0.784. The largest absolute Gasteiger partial charge is 0.353 e. The van der Waals surface area contributed by atoms with Crippen molar-refractivity contribution in [2.24, 2.45) is 11.8 Å². The van der Waals surface area contributed by atoms with E-state index in [1.807, 2.05) is 0 Å². The SMILES string of the molecule is CCCC(CC1CCCCC1)C(=O)NC1CC2CCC(C1)N2. The first-order valence-electron chi connectivity index (χ1n) is 9.81. The zero-order valence-electron chi connectivity index (χ0n) is 14.3. The van der Waals surface area contributed by atoms with Gasteiger partial charge in [0.05, 0.1) is 0 Å². The maximum absolute atomic E-state index is 12.8. The number of carbonyl (C=O) groups excluding carboxylic acids is 1. The molecule has 3 nitrogen and oxygen atoms in total. The van der Waals surface area contributed by atoms with E-state index in [9.17, 15) is 4.79 Å². The number of piperidine rings is 1. The summed E-state index contributed by atoms with van der Waals surface area (Å²) < 4.78 is 0. The van der Waals surface area contributed by atoms with Gasteiger partial charge in [-0.25, -0.2) is 0 Å². The fourth-order valence-corrected chi connectivity index (χ4v) is 5.02. The van der Waals surface area contributed by atoms with E-state index >= 15 is 0 Å². The van der Waals surface area contributed by atoms with Crippen molar-refractivity contribution < 1.29 is 4.79 Å². The van der Waals surface area contributed by atoms with E-state index in [0.717, 1.165) is 38.0 Å². The van der Waals surface area contributed by atoms with Gasteiger partial charge in [-0.3, -0.25) is 4.79 Å². The highest BCUT2D eigenvalue weighted by Crippen LogP contribution is 2.31. The lowest BCUT2D eigenvalue weighted by molar-refractivity contribution is -0.126. The van der Waals surface area contributed by atoms with Crippen LogP contribution in [0.25, 0.3) is 0 Å². The first-order valence-corrected chi connectivity index (χ1v) is 9.81. The molecular weight excluding hydrogens is 272 g/mol. The molecule has 3 aliphatic rings. The topological polar surface area (TPSA) is 41.1 Å². The molecule has 3 heteroatoms. The molecule has 2 saturated heterocycles. The molecule has 2 bridgehead atoms. The molecule has 2 N–H and O–H groups in total. The molecule has 0 aromatic carbocycles. The molecule has 3 rings (SSSR count). The van der Waals surface area contributed by atoms with Crippen LogP contribution >= 0.6 is 0 Å². The van der Waals surface area contributed by atoms with Crippen LogP contribution in [0.2, 0.25) is 0 Å². The normalized spacial score (nSPS) is 33.6. The second kappa shape index (κ2) is 7.81. The summed E-state index contributed by atoms with van der Waals surface area (Å²) in [5.41, 5.74) is 0. The van der Waals surface area contributed by atoms with Gasteiger partial charge in [-0.15, -0.1) is 0 Å². The third-order valence-corrected chi connectivity index (χ3v) is 6.17. The third-order valence-electron chi connectivity index (χ3n) is 6.17. The average molecular weight is 306 g/mol. The monoisotopic (exact) mass is 306 g/mol. The Morgan fingerprint density at radius 2 is 1.77 bits per heavy atom. The minimum Gasteiger partial charge on any atom is -0.353 e. The Kier molecular flexibility index (Phi) is 5.78. The van der Waals surface area contributed by atoms with Crippen LogP contribution < -0.4 is 10.6 Å². The van der Waals surface area contributed by atoms with E-state index in [2.05, 4.69) is 17.6 Å². The van der Waals surface area contributed by atoms with Gasteiger partial charge in [-0.2, -0.15) is 0 Å². The Labute approximate surface area is 136 Å². The number of fused-ring (bicyclic) bond motifs is 2. The predicted octanol–water partition coefficient (Wildman–Crippen LogP) is 3.77. The molecule has 1 aliphatic carbocycles. The van der Waals surface area contributed by atoms with E-state index < -0.39 is 0 Å². The van der Waals surface area contributed by atoms with E-state index in [1.54, 1.807) is 0 Å². The molecular formula is C19H34N2O. The molecule has 0 radical (unpaired) electrons. The summed E-state index contributed by atoms with van der Waals surface area (Å²) in [4.78, 5) is 12.8. The van der Waals surface area contributed by atoms with Gasteiger partial charge in [0.2, 0.25) is 5.91 Å². The Morgan fingerprint density at radius 1 is 1.09 bits per heavy atom. The predicted molar refractivity (Wildman–Crippen MR) is 90.7 cm³/mol. The van der Waals surface area contributed by atoms with Crippen molar-refractivity contribution in [2.45, 2.75) is 102 Å². The first-order chi connectivity index (χ1) is 10.7. The van der Waals surface area contributed by atoms with E-state index in [-0.39, 0.29) is 5.92 Å². The van der Waals surface area contributed by atoms with Crippen molar-refractivity contribution in [2.75, 3.05) is 0 Å². The third kappa shape index (κ3) is 4.24. The molecule has 3 fully saturated rings. The molecule has 2 aliphatic heterocycles. The standard InChI is InChI=1S/C19H34N2O/c1-2-6-15(11-14-7-4-3-5-8-14)19(22)21-18-12-16-9-10-17(13-18)20-16/h14-18,20H,2-13H2,1H3,(H,21,22). The molecule has 0 aromatic heterocycles. The highest BCUT2D eigenvalue weighted by atomic mass is 16.1.